The van der Waals surface area contributed by atoms with Crippen LogP contribution in [0, 0.1) is 18.8 Å². The van der Waals surface area contributed by atoms with Gasteiger partial charge in [0.15, 0.2) is 5.78 Å². The molecule has 206 valence electrons. The predicted octanol–water partition coefficient (Wildman–Crippen LogP) is 7.62. The molecule has 0 spiro atoms. The van der Waals surface area contributed by atoms with Gasteiger partial charge < -0.3 is 10.0 Å². The minimum atomic E-state index is -1.12. The molecule has 2 fully saturated rings. The first-order valence-electron chi connectivity index (χ1n) is 13.9. The van der Waals surface area contributed by atoms with Crippen molar-refractivity contribution in [1.29, 1.82) is 0 Å². The molecule has 5 nitrogen and oxygen atoms in total. The van der Waals surface area contributed by atoms with Gasteiger partial charge in [-0.05, 0) is 64.8 Å². The number of nitrogens with zero attached hydrogens (tertiary/aromatic N) is 1. The summed E-state index contributed by atoms with van der Waals surface area (Å²) in [7, 11) is 0. The summed E-state index contributed by atoms with van der Waals surface area (Å²) in [6.45, 7) is 8.41. The predicted molar refractivity (Wildman–Crippen MR) is 157 cm³/mol. The Labute approximate surface area is 238 Å². The Bertz CT molecular complexity index is 1330. The quantitative estimate of drug-likeness (QED) is 0.313. The highest BCUT2D eigenvalue weighted by molar-refractivity contribution is 7.12. The number of benzene rings is 1. The van der Waals surface area contributed by atoms with Crippen molar-refractivity contribution in [2.24, 2.45) is 11.8 Å². The van der Waals surface area contributed by atoms with Crippen molar-refractivity contribution in [2.75, 3.05) is 0 Å². The first kappa shape index (κ1) is 27.8. The lowest BCUT2D eigenvalue weighted by atomic mass is 9.77. The third-order valence-corrected chi connectivity index (χ3v) is 10.5. The van der Waals surface area contributed by atoms with Gasteiger partial charge in [-0.25, -0.2) is 4.79 Å². The zero-order valence-electron chi connectivity index (χ0n) is 23.1. The number of aryl methyl sites for hydroxylation is 1. The van der Waals surface area contributed by atoms with Crippen molar-refractivity contribution >= 4 is 40.3 Å². The molecule has 1 aliphatic carbocycles. The normalized spacial score (nSPS) is 24.2. The molecule has 1 amide bonds. The summed E-state index contributed by atoms with van der Waals surface area (Å²) in [6.07, 6.45) is 4.58. The number of hydrogen-bond acceptors (Lipinski definition) is 5. The van der Waals surface area contributed by atoms with Crippen molar-refractivity contribution in [3.63, 3.8) is 0 Å². The molecule has 3 aromatic rings. The highest BCUT2D eigenvalue weighted by Crippen LogP contribution is 2.54. The van der Waals surface area contributed by atoms with Crippen LogP contribution in [0.15, 0.2) is 53.2 Å². The summed E-state index contributed by atoms with van der Waals surface area (Å²) in [6, 6.07) is 11.9. The Morgan fingerprint density at radius 3 is 2.15 bits per heavy atom. The van der Waals surface area contributed by atoms with Crippen LogP contribution in [0.25, 0.3) is 0 Å². The molecule has 5 rings (SSSR count). The second-order valence-corrected chi connectivity index (χ2v) is 13.9. The van der Waals surface area contributed by atoms with Crippen LogP contribution in [0.2, 0.25) is 0 Å². The van der Waals surface area contributed by atoms with Crippen molar-refractivity contribution < 1.29 is 19.5 Å². The maximum atomic E-state index is 14.3. The number of thiophene rings is 2. The Hall–Kier alpha value is -2.77. The van der Waals surface area contributed by atoms with E-state index in [1.165, 1.54) is 22.7 Å². The zero-order valence-corrected chi connectivity index (χ0v) is 24.7. The van der Waals surface area contributed by atoms with Crippen LogP contribution < -0.4 is 0 Å². The number of carbonyl (C=O) groups is 3. The minimum Gasteiger partial charge on any atom is -0.480 e. The first-order valence-corrected chi connectivity index (χ1v) is 15.6. The number of aliphatic carboxylic acids is 1. The number of likely N-dealkylation sites (tertiary alicyclic amines) is 1. The molecule has 39 heavy (non-hydrogen) atoms. The molecule has 0 radical (unpaired) electrons. The first-order chi connectivity index (χ1) is 18.6. The number of rotatable bonds is 6. The Morgan fingerprint density at radius 2 is 1.62 bits per heavy atom. The number of hydrogen-bond donors (Lipinski definition) is 1. The van der Waals surface area contributed by atoms with E-state index in [0.29, 0.717) is 4.88 Å². The fraction of sp³-hybridized carbons (Fsp3) is 0.469. The molecular formula is C32H37NO4S2. The Kier molecular flexibility index (Phi) is 7.84. The summed E-state index contributed by atoms with van der Waals surface area (Å²) in [5.74, 6) is -2.82. The summed E-state index contributed by atoms with van der Waals surface area (Å²) >= 11 is 2.89. The summed E-state index contributed by atoms with van der Waals surface area (Å²) in [5, 5.41) is 14.6. The van der Waals surface area contributed by atoms with Crippen LogP contribution in [-0.2, 0) is 15.0 Å². The third kappa shape index (κ3) is 5.23. The fourth-order valence-electron chi connectivity index (χ4n) is 6.48. The second kappa shape index (κ2) is 11.0. The molecule has 1 N–H and O–H groups in total. The SMILES string of the molecule is Cc1ccsc1C1C(C(=O)c2cccs2)C(c2ccc(C(C)(C)C)cc2)C(C(=O)O)N1C(=O)C1CCCCC1. The highest BCUT2D eigenvalue weighted by atomic mass is 32.1. The van der Waals surface area contributed by atoms with E-state index in [0.717, 1.165) is 53.7 Å². The molecule has 7 heteroatoms. The topological polar surface area (TPSA) is 74.7 Å². The second-order valence-electron chi connectivity index (χ2n) is 12.0. The molecule has 4 unspecified atom stereocenters. The molecule has 0 bridgehead atoms. The average Bonchev–Trinajstić information content (AvgIpc) is 3.66. The Morgan fingerprint density at radius 1 is 0.923 bits per heavy atom. The smallest absolute Gasteiger partial charge is 0.327 e. The average molecular weight is 564 g/mol. The van der Waals surface area contributed by atoms with Gasteiger partial charge in [-0.2, -0.15) is 0 Å². The molecule has 1 aliphatic heterocycles. The van der Waals surface area contributed by atoms with Gasteiger partial charge in [-0.1, -0.05) is 70.4 Å². The summed E-state index contributed by atoms with van der Waals surface area (Å²) in [4.78, 5) is 44.9. The monoisotopic (exact) mass is 563 g/mol. The van der Waals surface area contributed by atoms with E-state index in [2.05, 4.69) is 20.8 Å². The summed E-state index contributed by atoms with van der Waals surface area (Å²) in [5.41, 5.74) is 2.86. The van der Waals surface area contributed by atoms with Crippen LogP contribution >= 0.6 is 22.7 Å². The van der Waals surface area contributed by atoms with Gasteiger partial charge in [-0.3, -0.25) is 9.59 Å². The minimum absolute atomic E-state index is 0.0633. The van der Waals surface area contributed by atoms with Gasteiger partial charge in [0.1, 0.15) is 6.04 Å². The zero-order chi connectivity index (χ0) is 27.9. The van der Waals surface area contributed by atoms with E-state index >= 15 is 0 Å². The lowest BCUT2D eigenvalue weighted by molar-refractivity contribution is -0.152. The molecule has 1 aromatic carbocycles. The van der Waals surface area contributed by atoms with Crippen LogP contribution in [0.4, 0.5) is 0 Å². The van der Waals surface area contributed by atoms with E-state index in [-0.39, 0.29) is 23.0 Å². The molecule has 3 heterocycles. The summed E-state index contributed by atoms with van der Waals surface area (Å²) < 4.78 is 0. The number of ketones is 1. The van der Waals surface area contributed by atoms with Gasteiger partial charge in [0.05, 0.1) is 16.8 Å². The van der Waals surface area contributed by atoms with Crippen LogP contribution in [-0.4, -0.2) is 33.7 Å². The van der Waals surface area contributed by atoms with Crippen LogP contribution in [0.5, 0.6) is 0 Å². The van der Waals surface area contributed by atoms with Gasteiger partial charge >= 0.3 is 5.97 Å². The number of Topliss-reactive ketones (excluding diaryl/α,β-unsaturated/α-hetero) is 1. The fourth-order valence-corrected chi connectivity index (χ4v) is 8.27. The maximum Gasteiger partial charge on any atom is 0.327 e. The van der Waals surface area contributed by atoms with E-state index < -0.39 is 29.9 Å². The number of carboxylic acids is 1. The lowest BCUT2D eigenvalue weighted by Gasteiger charge is -2.34. The molecular weight excluding hydrogens is 526 g/mol. The van der Waals surface area contributed by atoms with E-state index in [9.17, 15) is 19.5 Å². The molecule has 1 saturated carbocycles. The number of amides is 1. The highest BCUT2D eigenvalue weighted by Gasteiger charge is 2.59. The number of carbonyl (C=O) groups excluding carboxylic acids is 2. The molecule has 1 saturated heterocycles. The van der Waals surface area contributed by atoms with Crippen molar-refractivity contribution in [3.8, 4) is 0 Å². The largest absolute Gasteiger partial charge is 0.480 e. The maximum absolute atomic E-state index is 14.3. The number of carboxylic acid groups (broad SMARTS) is 1. The van der Waals surface area contributed by atoms with E-state index in [4.69, 9.17) is 0 Å². The third-order valence-electron chi connectivity index (χ3n) is 8.53. The van der Waals surface area contributed by atoms with Gasteiger partial charge in [0.25, 0.3) is 0 Å². The molecule has 4 atom stereocenters. The standard InChI is InChI=1S/C32H37NO4S2/c1-19-16-18-39-29(19)26-25(28(34)23-11-8-17-38-23)24(20-12-14-22(15-13-20)32(2,3)4)27(31(36)37)33(26)30(35)21-9-6-5-7-10-21/h8,11-18,21,24-27H,5-7,9-10H2,1-4H3,(H,36,37). The molecule has 2 aliphatic rings. The van der Waals surface area contributed by atoms with Crippen molar-refractivity contribution in [3.05, 3.63) is 79.7 Å². The van der Waals surface area contributed by atoms with E-state index in [1.54, 1.807) is 4.90 Å². The van der Waals surface area contributed by atoms with Gasteiger partial charge in [0, 0.05) is 16.7 Å². The van der Waals surface area contributed by atoms with Crippen LogP contribution in [0.1, 0.15) is 96.1 Å². The van der Waals surface area contributed by atoms with Crippen molar-refractivity contribution in [2.45, 2.75) is 83.2 Å². The van der Waals surface area contributed by atoms with Crippen molar-refractivity contribution in [1.82, 2.24) is 4.90 Å². The molecule has 2 aromatic heterocycles. The van der Waals surface area contributed by atoms with Gasteiger partial charge in [-0.15, -0.1) is 22.7 Å². The van der Waals surface area contributed by atoms with Crippen LogP contribution in [0.3, 0.4) is 0 Å². The van der Waals surface area contributed by atoms with Gasteiger partial charge in [0.2, 0.25) is 5.91 Å². The van der Waals surface area contributed by atoms with E-state index in [1.807, 2.05) is 60.1 Å². The Balaban J connectivity index is 1.71. The lowest BCUT2D eigenvalue weighted by Crippen LogP contribution is -2.46.